The molecule has 4 atom stereocenters. The van der Waals surface area contributed by atoms with Crippen molar-refractivity contribution in [3.63, 3.8) is 0 Å². The van der Waals surface area contributed by atoms with Crippen molar-refractivity contribution in [2.75, 3.05) is 0 Å². The van der Waals surface area contributed by atoms with E-state index < -0.39 is 0 Å². The fraction of sp³-hybridized carbons (Fsp3) is 0.471. The van der Waals surface area contributed by atoms with E-state index in [0.29, 0.717) is 5.56 Å². The highest BCUT2D eigenvalue weighted by Crippen LogP contribution is 2.49. The summed E-state index contributed by atoms with van der Waals surface area (Å²) in [6.45, 7) is 3.82. The first kappa shape index (κ1) is 14.6. The van der Waals surface area contributed by atoms with E-state index in [1.54, 1.807) is 5.38 Å². The van der Waals surface area contributed by atoms with E-state index in [0.717, 1.165) is 28.3 Å². The number of hydrogen-bond donors (Lipinski definition) is 1. The van der Waals surface area contributed by atoms with Gasteiger partial charge >= 0.3 is 0 Å². The zero-order valence-electron chi connectivity index (χ0n) is 13.0. The topological polar surface area (TPSA) is 66.5 Å². The summed E-state index contributed by atoms with van der Waals surface area (Å²) in [6.07, 6.45) is 6.04. The Hall–Kier alpha value is -1.95. The zero-order valence-corrected chi connectivity index (χ0v) is 13.9. The van der Waals surface area contributed by atoms with Crippen LogP contribution in [0.3, 0.4) is 0 Å². The molecule has 0 spiro atoms. The van der Waals surface area contributed by atoms with Gasteiger partial charge in [-0.3, -0.25) is 19.8 Å². The van der Waals surface area contributed by atoms with Crippen molar-refractivity contribution < 1.29 is 14.4 Å². The van der Waals surface area contributed by atoms with Crippen LogP contribution >= 0.6 is 11.3 Å². The standard InChI is InChI=1S/C17H18N2O3S/c1-8-9(2)23-7-12(8)15(20)18-19-16(21)13-10-3-4-11(6-5-10)14(13)17(19)22/h3-4,7,10-11,13-14H,5-6H2,1-2H3,(H,18,20)/t10-,11+,13-,14+. The fourth-order valence-electron chi connectivity index (χ4n) is 4.08. The lowest BCUT2D eigenvalue weighted by atomic mass is 9.63. The molecule has 1 aliphatic heterocycles. The summed E-state index contributed by atoms with van der Waals surface area (Å²) in [5.74, 6) is -1.21. The third-order valence-electron chi connectivity index (χ3n) is 5.50. The first-order valence-electron chi connectivity index (χ1n) is 7.91. The highest BCUT2D eigenvalue weighted by Gasteiger charge is 2.57. The van der Waals surface area contributed by atoms with Crippen LogP contribution in [0.4, 0.5) is 0 Å². The molecule has 2 bridgehead atoms. The molecule has 1 saturated heterocycles. The molecule has 2 heterocycles. The van der Waals surface area contributed by atoms with Crippen molar-refractivity contribution in [2.45, 2.75) is 26.7 Å². The third-order valence-corrected chi connectivity index (χ3v) is 6.52. The highest BCUT2D eigenvalue weighted by molar-refractivity contribution is 7.10. The lowest BCUT2D eigenvalue weighted by molar-refractivity contribution is -0.143. The molecule has 3 aliphatic carbocycles. The normalized spacial score (nSPS) is 31.7. The van der Waals surface area contributed by atoms with Gasteiger partial charge in [-0.2, -0.15) is 5.01 Å². The summed E-state index contributed by atoms with van der Waals surface area (Å²) in [5.41, 5.74) is 3.97. The van der Waals surface area contributed by atoms with Crippen LogP contribution in [0, 0.1) is 37.5 Å². The number of nitrogens with one attached hydrogen (secondary N) is 1. The zero-order chi connectivity index (χ0) is 16.3. The fourth-order valence-corrected chi connectivity index (χ4v) is 4.95. The van der Waals surface area contributed by atoms with Crippen LogP contribution < -0.4 is 5.43 Å². The molecule has 0 radical (unpaired) electrons. The second kappa shape index (κ2) is 5.03. The van der Waals surface area contributed by atoms with E-state index in [1.165, 1.54) is 11.3 Å². The van der Waals surface area contributed by atoms with Gasteiger partial charge in [0.2, 0.25) is 0 Å². The predicted molar refractivity (Wildman–Crippen MR) is 85.4 cm³/mol. The van der Waals surface area contributed by atoms with Crippen molar-refractivity contribution in [3.05, 3.63) is 33.5 Å². The Morgan fingerprint density at radius 3 is 2.13 bits per heavy atom. The van der Waals surface area contributed by atoms with Gasteiger partial charge in [0.1, 0.15) is 0 Å². The first-order chi connectivity index (χ1) is 11.0. The number of imide groups is 1. The van der Waals surface area contributed by atoms with Gasteiger partial charge in [0, 0.05) is 10.3 Å². The van der Waals surface area contributed by atoms with E-state index in [1.807, 2.05) is 13.8 Å². The minimum Gasteiger partial charge on any atom is -0.272 e. The Morgan fingerprint density at radius 1 is 1.13 bits per heavy atom. The molecule has 23 heavy (non-hydrogen) atoms. The molecular weight excluding hydrogens is 312 g/mol. The van der Waals surface area contributed by atoms with Crippen LogP contribution in [0.5, 0.6) is 0 Å². The van der Waals surface area contributed by atoms with Gasteiger partial charge in [-0.1, -0.05) is 12.2 Å². The molecule has 2 fully saturated rings. The number of thiophene rings is 1. The van der Waals surface area contributed by atoms with E-state index in [-0.39, 0.29) is 41.4 Å². The molecule has 4 aliphatic rings. The molecular formula is C17H18N2O3S. The largest absolute Gasteiger partial charge is 0.272 e. The number of carbonyl (C=O) groups excluding carboxylic acids is 3. The number of amides is 3. The summed E-state index contributed by atoms with van der Waals surface area (Å²) in [6, 6.07) is 0. The second-order valence-corrected chi connectivity index (χ2v) is 7.71. The highest BCUT2D eigenvalue weighted by atomic mass is 32.1. The van der Waals surface area contributed by atoms with Gasteiger partial charge in [-0.15, -0.1) is 11.3 Å². The van der Waals surface area contributed by atoms with Gasteiger partial charge in [-0.05, 0) is 44.1 Å². The molecule has 1 saturated carbocycles. The van der Waals surface area contributed by atoms with Crippen LogP contribution in [0.25, 0.3) is 0 Å². The SMILES string of the molecule is Cc1scc(C(=O)NN2C(=O)[C@@H]3[C@H](C2=O)[C@@H]2C=C[C@H]3CC2)c1C. The van der Waals surface area contributed by atoms with Gasteiger partial charge in [0.05, 0.1) is 17.4 Å². The summed E-state index contributed by atoms with van der Waals surface area (Å²) >= 11 is 1.49. The Bertz CT molecular complexity index is 719. The summed E-state index contributed by atoms with van der Waals surface area (Å²) < 4.78 is 0. The van der Waals surface area contributed by atoms with Gasteiger partial charge in [-0.25, -0.2) is 0 Å². The van der Waals surface area contributed by atoms with Crippen LogP contribution in [-0.4, -0.2) is 22.7 Å². The maximum Gasteiger partial charge on any atom is 0.271 e. The number of allylic oxidation sites excluding steroid dienone is 2. The number of hydrogen-bond acceptors (Lipinski definition) is 4. The predicted octanol–water partition coefficient (Wildman–Crippen LogP) is 2.21. The quantitative estimate of drug-likeness (QED) is 0.668. The van der Waals surface area contributed by atoms with Gasteiger partial charge < -0.3 is 0 Å². The molecule has 3 amide bonds. The molecule has 5 nitrogen and oxygen atoms in total. The molecule has 1 aromatic heterocycles. The lowest BCUT2D eigenvalue weighted by Gasteiger charge is -2.37. The molecule has 0 unspecified atom stereocenters. The number of nitrogens with zero attached hydrogens (tertiary/aromatic N) is 1. The van der Waals surface area contributed by atoms with E-state index in [9.17, 15) is 14.4 Å². The molecule has 1 N–H and O–H groups in total. The first-order valence-corrected chi connectivity index (χ1v) is 8.79. The van der Waals surface area contributed by atoms with Crippen molar-refractivity contribution in [1.29, 1.82) is 0 Å². The average Bonchev–Trinajstić information content (AvgIpc) is 3.02. The van der Waals surface area contributed by atoms with Crippen LogP contribution in [0.2, 0.25) is 0 Å². The lowest BCUT2D eigenvalue weighted by Crippen LogP contribution is -2.46. The maximum absolute atomic E-state index is 12.7. The Morgan fingerprint density at radius 2 is 1.70 bits per heavy atom. The summed E-state index contributed by atoms with van der Waals surface area (Å²) in [4.78, 5) is 38.8. The average molecular weight is 330 g/mol. The molecule has 6 heteroatoms. The Kier molecular flexibility index (Phi) is 3.20. The number of hydrazine groups is 1. The number of rotatable bonds is 2. The number of aryl methyl sites for hydroxylation is 1. The van der Waals surface area contributed by atoms with E-state index in [4.69, 9.17) is 0 Å². The second-order valence-electron chi connectivity index (χ2n) is 6.62. The smallest absolute Gasteiger partial charge is 0.271 e. The van der Waals surface area contributed by atoms with Crippen LogP contribution in [0.15, 0.2) is 17.5 Å². The van der Waals surface area contributed by atoms with Gasteiger partial charge in [0.25, 0.3) is 17.7 Å². The minimum atomic E-state index is -0.382. The van der Waals surface area contributed by atoms with E-state index in [2.05, 4.69) is 17.6 Å². The van der Waals surface area contributed by atoms with Gasteiger partial charge in [0.15, 0.2) is 0 Å². The maximum atomic E-state index is 12.7. The summed E-state index contributed by atoms with van der Waals surface area (Å²) in [5, 5.41) is 2.74. The van der Waals surface area contributed by atoms with Crippen molar-refractivity contribution in [2.24, 2.45) is 23.7 Å². The molecule has 1 aromatic rings. The van der Waals surface area contributed by atoms with Crippen molar-refractivity contribution in [1.82, 2.24) is 10.4 Å². The summed E-state index contributed by atoms with van der Waals surface area (Å²) in [7, 11) is 0. The molecule has 5 rings (SSSR count). The minimum absolute atomic E-state index is 0.133. The van der Waals surface area contributed by atoms with Crippen molar-refractivity contribution in [3.8, 4) is 0 Å². The van der Waals surface area contributed by atoms with Crippen LogP contribution in [0.1, 0.15) is 33.6 Å². The number of fused-ring (bicyclic) bond motifs is 1. The van der Waals surface area contributed by atoms with Crippen LogP contribution in [-0.2, 0) is 9.59 Å². The molecule has 0 aromatic carbocycles. The molecule has 120 valence electrons. The Labute approximate surface area is 138 Å². The van der Waals surface area contributed by atoms with E-state index >= 15 is 0 Å². The Balaban J connectivity index is 1.59. The third kappa shape index (κ3) is 2.01. The monoisotopic (exact) mass is 330 g/mol. The van der Waals surface area contributed by atoms with Crippen molar-refractivity contribution >= 4 is 29.1 Å². The number of carbonyl (C=O) groups is 3.